The first-order chi connectivity index (χ1) is 9.63. The summed E-state index contributed by atoms with van der Waals surface area (Å²) in [5.74, 6) is 0.607. The van der Waals surface area contributed by atoms with Crippen molar-refractivity contribution in [2.75, 3.05) is 0 Å². The number of fused-ring (bicyclic) bond motifs is 3. The molecule has 2 aromatic rings. The topological polar surface area (TPSA) is 44.9 Å². The highest BCUT2D eigenvalue weighted by atomic mass is 16.1. The molecule has 0 fully saturated rings. The molecular weight excluding hydrogens is 248 g/mol. The van der Waals surface area contributed by atoms with Gasteiger partial charge in [0.25, 0.3) is 0 Å². The van der Waals surface area contributed by atoms with E-state index in [-0.39, 0.29) is 11.9 Å². The van der Waals surface area contributed by atoms with Crippen molar-refractivity contribution >= 4 is 16.8 Å². The van der Waals surface area contributed by atoms with Crippen molar-refractivity contribution in [3.8, 4) is 0 Å². The molecule has 3 nitrogen and oxygen atoms in total. The summed E-state index contributed by atoms with van der Waals surface area (Å²) in [5.41, 5.74) is 3.95. The zero-order chi connectivity index (χ0) is 14.1. The number of nitrogens with one attached hydrogen (secondary N) is 2. The van der Waals surface area contributed by atoms with E-state index in [1.807, 2.05) is 0 Å². The number of benzene rings is 1. The van der Waals surface area contributed by atoms with Gasteiger partial charge < -0.3 is 10.3 Å². The molecule has 0 spiro atoms. The van der Waals surface area contributed by atoms with E-state index in [0.717, 1.165) is 19.3 Å². The van der Waals surface area contributed by atoms with Crippen LogP contribution in [0.2, 0.25) is 0 Å². The zero-order valence-electron chi connectivity index (χ0n) is 12.2. The molecule has 0 saturated carbocycles. The molecule has 106 valence electrons. The maximum absolute atomic E-state index is 11.9. The third-order valence-electron chi connectivity index (χ3n) is 4.05. The summed E-state index contributed by atoms with van der Waals surface area (Å²) in [5, 5.41) is 4.50. The molecule has 0 aliphatic heterocycles. The van der Waals surface area contributed by atoms with Crippen LogP contribution in [0.5, 0.6) is 0 Å². The van der Waals surface area contributed by atoms with Gasteiger partial charge in [-0.25, -0.2) is 0 Å². The number of hydrogen-bond acceptors (Lipinski definition) is 1. The van der Waals surface area contributed by atoms with Crippen molar-refractivity contribution in [3.05, 3.63) is 35.5 Å². The number of aryl methyl sites for hydroxylation is 1. The van der Waals surface area contributed by atoms with Gasteiger partial charge in [-0.15, -0.1) is 0 Å². The highest BCUT2D eigenvalue weighted by Crippen LogP contribution is 2.29. The summed E-state index contributed by atoms with van der Waals surface area (Å²) in [4.78, 5) is 15.4. The van der Waals surface area contributed by atoms with Crippen LogP contribution in [0.15, 0.2) is 24.3 Å². The molecule has 1 aliphatic rings. The maximum Gasteiger partial charge on any atom is 0.220 e. The van der Waals surface area contributed by atoms with Crippen LogP contribution in [-0.4, -0.2) is 16.9 Å². The monoisotopic (exact) mass is 270 g/mol. The Hall–Kier alpha value is -1.77. The van der Waals surface area contributed by atoms with Gasteiger partial charge in [0.05, 0.1) is 0 Å². The van der Waals surface area contributed by atoms with Crippen molar-refractivity contribution in [2.45, 2.75) is 45.6 Å². The minimum absolute atomic E-state index is 0.188. The first-order valence-electron chi connectivity index (χ1n) is 7.51. The predicted molar refractivity (Wildman–Crippen MR) is 81.7 cm³/mol. The third-order valence-corrected chi connectivity index (χ3v) is 4.05. The number of hydrogen-bond donors (Lipinski definition) is 2. The smallest absolute Gasteiger partial charge is 0.220 e. The summed E-state index contributed by atoms with van der Waals surface area (Å²) < 4.78 is 0. The van der Waals surface area contributed by atoms with E-state index >= 15 is 0 Å². The fourth-order valence-electron chi connectivity index (χ4n) is 3.15. The minimum Gasteiger partial charge on any atom is -0.358 e. The molecule has 3 heteroatoms. The molecule has 1 aromatic carbocycles. The molecule has 1 aromatic heterocycles. The number of H-pyrrole nitrogens is 1. The fraction of sp³-hybridized carbons (Fsp3) is 0.471. The van der Waals surface area contributed by atoms with Crippen molar-refractivity contribution in [1.82, 2.24) is 10.3 Å². The lowest BCUT2D eigenvalue weighted by atomic mass is 9.91. The molecule has 2 N–H and O–H groups in total. The molecule has 3 rings (SSSR count). The number of aromatic nitrogens is 1. The van der Waals surface area contributed by atoms with Crippen molar-refractivity contribution in [3.63, 3.8) is 0 Å². The van der Waals surface area contributed by atoms with Crippen LogP contribution in [0.25, 0.3) is 10.9 Å². The molecule has 1 amide bonds. The van der Waals surface area contributed by atoms with Gasteiger partial charge in [0.1, 0.15) is 0 Å². The molecule has 1 aliphatic carbocycles. The second-order valence-corrected chi connectivity index (χ2v) is 6.23. The van der Waals surface area contributed by atoms with Crippen LogP contribution in [0.1, 0.15) is 37.9 Å². The summed E-state index contributed by atoms with van der Waals surface area (Å²) in [6, 6.07) is 8.72. The molecule has 1 atom stereocenters. The van der Waals surface area contributed by atoms with Gasteiger partial charge in [0, 0.05) is 29.1 Å². The summed E-state index contributed by atoms with van der Waals surface area (Å²) in [6.07, 6.45) is 3.63. The van der Waals surface area contributed by atoms with Crippen LogP contribution in [0.3, 0.4) is 0 Å². The lowest BCUT2D eigenvalue weighted by Gasteiger charge is -2.24. The number of amides is 1. The molecular formula is C17H22N2O. The first kappa shape index (κ1) is 13.2. The predicted octanol–water partition coefficient (Wildman–Crippen LogP) is 3.19. The Morgan fingerprint density at radius 1 is 1.40 bits per heavy atom. The van der Waals surface area contributed by atoms with Crippen molar-refractivity contribution < 1.29 is 4.79 Å². The molecule has 0 saturated heterocycles. The number of aromatic amines is 1. The Morgan fingerprint density at radius 2 is 2.20 bits per heavy atom. The van der Waals surface area contributed by atoms with E-state index in [0.29, 0.717) is 12.3 Å². The van der Waals surface area contributed by atoms with Crippen LogP contribution in [0.4, 0.5) is 0 Å². The average Bonchev–Trinajstić information content (AvgIpc) is 2.76. The van der Waals surface area contributed by atoms with Gasteiger partial charge in [0.15, 0.2) is 0 Å². The highest BCUT2D eigenvalue weighted by Gasteiger charge is 2.23. The van der Waals surface area contributed by atoms with Crippen LogP contribution in [0, 0.1) is 5.92 Å². The quantitative estimate of drug-likeness (QED) is 0.884. The van der Waals surface area contributed by atoms with Crippen molar-refractivity contribution in [1.29, 1.82) is 0 Å². The van der Waals surface area contributed by atoms with Crippen molar-refractivity contribution in [2.24, 2.45) is 5.92 Å². The Bertz CT molecular complexity index is 627. The molecule has 20 heavy (non-hydrogen) atoms. The van der Waals surface area contributed by atoms with E-state index in [2.05, 4.69) is 48.4 Å². The molecule has 0 radical (unpaired) electrons. The van der Waals surface area contributed by atoms with E-state index in [4.69, 9.17) is 0 Å². The maximum atomic E-state index is 11.9. The van der Waals surface area contributed by atoms with Gasteiger partial charge in [-0.3, -0.25) is 4.79 Å². The lowest BCUT2D eigenvalue weighted by Crippen LogP contribution is -2.39. The normalized spacial score (nSPS) is 18.2. The van der Waals surface area contributed by atoms with E-state index in [1.165, 1.54) is 22.2 Å². The van der Waals surface area contributed by atoms with Gasteiger partial charge in [0.2, 0.25) is 5.91 Å². The van der Waals surface area contributed by atoms with Crippen LogP contribution >= 0.6 is 0 Å². The summed E-state index contributed by atoms with van der Waals surface area (Å²) in [6.45, 7) is 4.16. The van der Waals surface area contributed by atoms with Gasteiger partial charge in [-0.1, -0.05) is 32.0 Å². The second kappa shape index (κ2) is 5.31. The van der Waals surface area contributed by atoms with Gasteiger partial charge >= 0.3 is 0 Å². The fourth-order valence-corrected chi connectivity index (χ4v) is 3.15. The number of carbonyl (C=O) groups excluding carboxylic acids is 1. The second-order valence-electron chi connectivity index (χ2n) is 6.23. The van der Waals surface area contributed by atoms with E-state index < -0.39 is 0 Å². The lowest BCUT2D eigenvalue weighted by molar-refractivity contribution is -0.122. The number of carbonyl (C=O) groups is 1. The zero-order valence-corrected chi connectivity index (χ0v) is 12.2. The van der Waals surface area contributed by atoms with E-state index in [1.54, 1.807) is 0 Å². The highest BCUT2D eigenvalue weighted by molar-refractivity contribution is 5.85. The van der Waals surface area contributed by atoms with Gasteiger partial charge in [-0.05, 0) is 36.8 Å². The first-order valence-corrected chi connectivity index (χ1v) is 7.51. The minimum atomic E-state index is 0.188. The van der Waals surface area contributed by atoms with Gasteiger partial charge in [-0.2, -0.15) is 0 Å². The Morgan fingerprint density at radius 3 is 3.00 bits per heavy atom. The largest absolute Gasteiger partial charge is 0.358 e. The number of rotatable bonds is 3. The Balaban J connectivity index is 1.76. The molecule has 1 heterocycles. The Kier molecular flexibility index (Phi) is 3.51. The number of para-hydroxylation sites is 1. The Labute approximate surface area is 119 Å². The van der Waals surface area contributed by atoms with Crippen LogP contribution < -0.4 is 5.32 Å². The standard InChI is InChI=1S/C17H22N2O/c1-11(2)9-17(20)18-12-7-8-16-14(10-12)13-5-3-4-6-15(13)19-16/h3-6,11-12,19H,7-10H2,1-2H3,(H,18,20). The van der Waals surface area contributed by atoms with Crippen LogP contribution in [-0.2, 0) is 17.6 Å². The third kappa shape index (κ3) is 2.58. The summed E-state index contributed by atoms with van der Waals surface area (Å²) >= 11 is 0. The molecule has 1 unspecified atom stereocenters. The SMILES string of the molecule is CC(C)CC(=O)NC1CCc2[nH]c3ccccc3c2C1. The average molecular weight is 270 g/mol. The van der Waals surface area contributed by atoms with E-state index in [9.17, 15) is 4.79 Å². The molecule has 0 bridgehead atoms. The summed E-state index contributed by atoms with van der Waals surface area (Å²) in [7, 11) is 0.